The number of alkyl halides is 2. The standard InChI is InChI=1S/C16H20Cl2N2/c1-3-20-10-14(9-19-20)8-16(11-17,12-18)15-7-5-4-6-13(15)2/h4-7,9-10H,3,8,11-12H2,1-2H3. The van der Waals surface area contributed by atoms with E-state index in [0.29, 0.717) is 11.8 Å². The van der Waals surface area contributed by atoms with Crippen LogP contribution < -0.4 is 0 Å². The van der Waals surface area contributed by atoms with E-state index in [9.17, 15) is 0 Å². The average Bonchev–Trinajstić information content (AvgIpc) is 2.93. The summed E-state index contributed by atoms with van der Waals surface area (Å²) in [4.78, 5) is 0. The Balaban J connectivity index is 2.37. The summed E-state index contributed by atoms with van der Waals surface area (Å²) < 4.78 is 1.93. The average molecular weight is 311 g/mol. The fourth-order valence-corrected chi connectivity index (χ4v) is 3.36. The Morgan fingerprint density at radius 3 is 2.45 bits per heavy atom. The zero-order chi connectivity index (χ0) is 14.6. The van der Waals surface area contributed by atoms with Crippen LogP contribution in [0.3, 0.4) is 0 Å². The summed E-state index contributed by atoms with van der Waals surface area (Å²) >= 11 is 12.6. The first-order chi connectivity index (χ1) is 9.65. The highest BCUT2D eigenvalue weighted by Crippen LogP contribution is 2.33. The molecule has 2 aromatic rings. The van der Waals surface area contributed by atoms with Gasteiger partial charge in [-0.25, -0.2) is 0 Å². The van der Waals surface area contributed by atoms with Gasteiger partial charge in [-0.2, -0.15) is 5.10 Å². The molecule has 0 N–H and O–H groups in total. The summed E-state index contributed by atoms with van der Waals surface area (Å²) in [6.45, 7) is 5.06. The molecule has 4 heteroatoms. The van der Waals surface area contributed by atoms with Crippen molar-refractivity contribution in [2.24, 2.45) is 0 Å². The minimum absolute atomic E-state index is 0.240. The van der Waals surface area contributed by atoms with E-state index in [2.05, 4.69) is 37.3 Å². The van der Waals surface area contributed by atoms with Crippen molar-refractivity contribution in [2.45, 2.75) is 32.2 Å². The van der Waals surface area contributed by atoms with Gasteiger partial charge in [-0.15, -0.1) is 23.2 Å². The molecule has 0 atom stereocenters. The van der Waals surface area contributed by atoms with Crippen LogP contribution in [-0.4, -0.2) is 21.5 Å². The van der Waals surface area contributed by atoms with Gasteiger partial charge >= 0.3 is 0 Å². The molecule has 0 bridgehead atoms. The second kappa shape index (κ2) is 6.64. The minimum atomic E-state index is -0.240. The molecule has 2 nitrogen and oxygen atoms in total. The third kappa shape index (κ3) is 3.02. The molecule has 0 unspecified atom stereocenters. The van der Waals surface area contributed by atoms with Crippen LogP contribution in [0.15, 0.2) is 36.7 Å². The van der Waals surface area contributed by atoms with Crippen LogP contribution in [0.1, 0.15) is 23.6 Å². The molecule has 0 saturated heterocycles. The van der Waals surface area contributed by atoms with Crippen molar-refractivity contribution in [3.8, 4) is 0 Å². The number of rotatable bonds is 6. The lowest BCUT2D eigenvalue weighted by Crippen LogP contribution is -2.34. The molecule has 0 amide bonds. The van der Waals surface area contributed by atoms with Gasteiger partial charge in [-0.05, 0) is 37.0 Å². The smallest absolute Gasteiger partial charge is 0.0522 e. The Hall–Kier alpha value is -0.990. The van der Waals surface area contributed by atoms with Gasteiger partial charge in [0.05, 0.1) is 6.20 Å². The zero-order valence-electron chi connectivity index (χ0n) is 11.9. The maximum absolute atomic E-state index is 6.31. The van der Waals surface area contributed by atoms with Crippen molar-refractivity contribution in [3.05, 3.63) is 53.3 Å². The number of halogens is 2. The topological polar surface area (TPSA) is 17.8 Å². The van der Waals surface area contributed by atoms with Gasteiger partial charge in [0.25, 0.3) is 0 Å². The van der Waals surface area contributed by atoms with E-state index < -0.39 is 0 Å². The van der Waals surface area contributed by atoms with Crippen LogP contribution in [0.25, 0.3) is 0 Å². The maximum atomic E-state index is 6.31. The van der Waals surface area contributed by atoms with Crippen molar-refractivity contribution < 1.29 is 0 Å². The van der Waals surface area contributed by atoms with Crippen molar-refractivity contribution >= 4 is 23.2 Å². The summed E-state index contributed by atoms with van der Waals surface area (Å²) in [6.07, 6.45) is 4.80. The molecule has 1 aromatic carbocycles. The van der Waals surface area contributed by atoms with E-state index >= 15 is 0 Å². The lowest BCUT2D eigenvalue weighted by molar-refractivity contribution is 0.532. The van der Waals surface area contributed by atoms with Gasteiger partial charge in [0.2, 0.25) is 0 Å². The van der Waals surface area contributed by atoms with Crippen LogP contribution in [0.4, 0.5) is 0 Å². The van der Waals surface area contributed by atoms with Crippen molar-refractivity contribution in [1.29, 1.82) is 0 Å². The normalized spacial score (nSPS) is 11.8. The first kappa shape index (κ1) is 15.4. The third-order valence-electron chi connectivity index (χ3n) is 3.78. The SMILES string of the molecule is CCn1cc(CC(CCl)(CCl)c2ccccc2C)cn1. The second-order valence-electron chi connectivity index (χ2n) is 5.24. The molecule has 2 rings (SSSR count). The number of benzene rings is 1. The van der Waals surface area contributed by atoms with Gasteiger partial charge in [-0.3, -0.25) is 4.68 Å². The first-order valence-electron chi connectivity index (χ1n) is 6.84. The third-order valence-corrected chi connectivity index (χ3v) is 4.80. The fourth-order valence-electron chi connectivity index (χ4n) is 2.60. The van der Waals surface area contributed by atoms with Crippen molar-refractivity contribution in [2.75, 3.05) is 11.8 Å². The summed E-state index contributed by atoms with van der Waals surface area (Å²) in [5.41, 5.74) is 3.40. The lowest BCUT2D eigenvalue weighted by atomic mass is 9.77. The van der Waals surface area contributed by atoms with Crippen LogP contribution in [-0.2, 0) is 18.4 Å². The molecule has 0 aliphatic heterocycles. The largest absolute Gasteiger partial charge is 0.273 e. The van der Waals surface area contributed by atoms with Gasteiger partial charge in [-0.1, -0.05) is 24.3 Å². The molecule has 20 heavy (non-hydrogen) atoms. The van der Waals surface area contributed by atoms with E-state index in [4.69, 9.17) is 23.2 Å². The molecule has 0 aliphatic rings. The summed E-state index contributed by atoms with van der Waals surface area (Å²) in [5.74, 6) is 0.997. The number of aromatic nitrogens is 2. The molecule has 0 spiro atoms. The number of aryl methyl sites for hydroxylation is 2. The molecule has 0 radical (unpaired) electrons. The van der Waals surface area contributed by atoms with Gasteiger partial charge in [0.15, 0.2) is 0 Å². The quantitative estimate of drug-likeness (QED) is 0.732. The Bertz CT molecular complexity index is 559. The van der Waals surface area contributed by atoms with Crippen molar-refractivity contribution in [3.63, 3.8) is 0 Å². The van der Waals surface area contributed by atoms with Crippen LogP contribution in [0.5, 0.6) is 0 Å². The Labute approximate surface area is 130 Å². The van der Waals surface area contributed by atoms with Gasteiger partial charge in [0.1, 0.15) is 0 Å². The Morgan fingerprint density at radius 2 is 1.90 bits per heavy atom. The van der Waals surface area contributed by atoms with E-state index in [1.165, 1.54) is 16.7 Å². The molecule has 0 fully saturated rings. The van der Waals surface area contributed by atoms with Gasteiger partial charge in [0, 0.05) is 29.9 Å². The predicted molar refractivity (Wildman–Crippen MR) is 85.9 cm³/mol. The molecular weight excluding hydrogens is 291 g/mol. The zero-order valence-corrected chi connectivity index (χ0v) is 13.5. The van der Waals surface area contributed by atoms with Crippen LogP contribution >= 0.6 is 23.2 Å². The van der Waals surface area contributed by atoms with E-state index in [-0.39, 0.29) is 5.41 Å². The number of hydrogen-bond acceptors (Lipinski definition) is 1. The molecular formula is C16H20Cl2N2. The Kier molecular flexibility index (Phi) is 5.11. The Morgan fingerprint density at radius 1 is 1.20 bits per heavy atom. The van der Waals surface area contributed by atoms with Crippen LogP contribution in [0.2, 0.25) is 0 Å². The van der Waals surface area contributed by atoms with Crippen molar-refractivity contribution in [1.82, 2.24) is 9.78 Å². The van der Waals surface area contributed by atoms with E-state index in [1.54, 1.807) is 0 Å². The van der Waals surface area contributed by atoms with E-state index in [1.807, 2.05) is 23.0 Å². The highest BCUT2D eigenvalue weighted by Gasteiger charge is 2.32. The summed E-state index contributed by atoms with van der Waals surface area (Å²) in [6, 6.07) is 8.33. The summed E-state index contributed by atoms with van der Waals surface area (Å²) in [7, 11) is 0. The molecule has 108 valence electrons. The highest BCUT2D eigenvalue weighted by molar-refractivity contribution is 6.22. The minimum Gasteiger partial charge on any atom is -0.273 e. The fraction of sp³-hybridized carbons (Fsp3) is 0.438. The lowest BCUT2D eigenvalue weighted by Gasteiger charge is -2.31. The second-order valence-corrected chi connectivity index (χ2v) is 5.78. The predicted octanol–water partition coefficient (Wildman–Crippen LogP) is 4.17. The maximum Gasteiger partial charge on any atom is 0.0522 e. The molecule has 0 saturated carbocycles. The van der Waals surface area contributed by atoms with Crippen LogP contribution in [0, 0.1) is 6.92 Å². The molecule has 1 heterocycles. The summed E-state index contributed by atoms with van der Waals surface area (Å²) in [5, 5.41) is 4.33. The first-order valence-corrected chi connectivity index (χ1v) is 7.91. The monoisotopic (exact) mass is 310 g/mol. The highest BCUT2D eigenvalue weighted by atomic mass is 35.5. The molecule has 1 aromatic heterocycles. The number of hydrogen-bond donors (Lipinski definition) is 0. The van der Waals surface area contributed by atoms with Gasteiger partial charge < -0.3 is 0 Å². The van der Waals surface area contributed by atoms with E-state index in [0.717, 1.165) is 13.0 Å². The molecule has 0 aliphatic carbocycles. The number of nitrogens with zero attached hydrogens (tertiary/aromatic N) is 2.